The largest absolute Gasteiger partial charge is 0.492 e. The van der Waals surface area contributed by atoms with Crippen molar-refractivity contribution in [1.29, 1.82) is 5.26 Å². The van der Waals surface area contributed by atoms with Crippen LogP contribution in [0.3, 0.4) is 0 Å². The van der Waals surface area contributed by atoms with Crippen LogP contribution in [-0.2, 0) is 9.59 Å². The van der Waals surface area contributed by atoms with Crippen molar-refractivity contribution in [2.45, 2.75) is 13.3 Å². The van der Waals surface area contributed by atoms with Crippen LogP contribution < -0.4 is 9.64 Å². The lowest BCUT2D eigenvalue weighted by Gasteiger charge is -2.17. The summed E-state index contributed by atoms with van der Waals surface area (Å²) < 4.78 is 5.31. The van der Waals surface area contributed by atoms with E-state index in [1.807, 2.05) is 13.0 Å². The number of nitriles is 1. The molecular weight excluding hydrogens is 260 g/mol. The summed E-state index contributed by atoms with van der Waals surface area (Å²) in [5, 5.41) is 18.1. The molecule has 0 aromatic heterocycles. The Kier molecular flexibility index (Phi) is 3.89. The molecule has 6 nitrogen and oxygen atoms in total. The molecule has 1 heterocycles. The molecule has 1 unspecified atom stereocenters. The fourth-order valence-corrected chi connectivity index (χ4v) is 2.18. The smallest absolute Gasteiger partial charge is 0.308 e. The maximum atomic E-state index is 11.8. The number of amides is 1. The summed E-state index contributed by atoms with van der Waals surface area (Å²) in [7, 11) is 0. The van der Waals surface area contributed by atoms with Crippen molar-refractivity contribution in [3.05, 3.63) is 23.8 Å². The Balaban J connectivity index is 2.28. The molecule has 1 aromatic rings. The molecule has 6 heteroatoms. The third kappa shape index (κ3) is 2.57. The SMILES string of the molecule is CCOc1ccc(N2CC(C(=O)O)CC2=O)cc1C#N. The number of carbonyl (C=O) groups excluding carboxylic acids is 1. The molecule has 104 valence electrons. The Labute approximate surface area is 116 Å². The molecule has 1 saturated heterocycles. The van der Waals surface area contributed by atoms with Gasteiger partial charge in [0.2, 0.25) is 5.91 Å². The van der Waals surface area contributed by atoms with Crippen LogP contribution in [0.25, 0.3) is 0 Å². The second-order valence-corrected chi connectivity index (χ2v) is 4.47. The van der Waals surface area contributed by atoms with E-state index in [-0.39, 0.29) is 18.9 Å². The number of rotatable bonds is 4. The van der Waals surface area contributed by atoms with Crippen LogP contribution in [0.5, 0.6) is 5.75 Å². The van der Waals surface area contributed by atoms with Crippen molar-refractivity contribution >= 4 is 17.6 Å². The lowest BCUT2D eigenvalue weighted by atomic mass is 10.1. The van der Waals surface area contributed by atoms with Gasteiger partial charge in [0.05, 0.1) is 18.1 Å². The minimum absolute atomic E-state index is 0.00949. The monoisotopic (exact) mass is 274 g/mol. The van der Waals surface area contributed by atoms with Gasteiger partial charge >= 0.3 is 5.97 Å². The Morgan fingerprint density at radius 3 is 2.90 bits per heavy atom. The van der Waals surface area contributed by atoms with E-state index >= 15 is 0 Å². The molecule has 1 aliphatic heterocycles. The summed E-state index contributed by atoms with van der Waals surface area (Å²) in [6.07, 6.45) is -0.00949. The van der Waals surface area contributed by atoms with Gasteiger partial charge in [0, 0.05) is 18.7 Å². The van der Waals surface area contributed by atoms with Crippen LogP contribution in [0.1, 0.15) is 18.9 Å². The first kappa shape index (κ1) is 13.9. The highest BCUT2D eigenvalue weighted by atomic mass is 16.5. The summed E-state index contributed by atoms with van der Waals surface area (Å²) in [5.41, 5.74) is 0.856. The highest BCUT2D eigenvalue weighted by Gasteiger charge is 2.35. The first-order valence-corrected chi connectivity index (χ1v) is 6.27. The zero-order valence-electron chi connectivity index (χ0n) is 11.0. The van der Waals surface area contributed by atoms with Crippen LogP contribution in [0.2, 0.25) is 0 Å². The number of carboxylic acid groups (broad SMARTS) is 1. The molecule has 1 aromatic carbocycles. The van der Waals surface area contributed by atoms with E-state index in [9.17, 15) is 9.59 Å². The van der Waals surface area contributed by atoms with Gasteiger partial charge in [0.1, 0.15) is 11.8 Å². The maximum Gasteiger partial charge on any atom is 0.308 e. The first-order valence-electron chi connectivity index (χ1n) is 6.27. The van der Waals surface area contributed by atoms with Crippen molar-refractivity contribution in [2.24, 2.45) is 5.92 Å². The molecule has 0 spiro atoms. The van der Waals surface area contributed by atoms with E-state index < -0.39 is 11.9 Å². The number of hydrogen-bond acceptors (Lipinski definition) is 4. The van der Waals surface area contributed by atoms with Gasteiger partial charge in [0.25, 0.3) is 0 Å². The summed E-state index contributed by atoms with van der Waals surface area (Å²) in [4.78, 5) is 24.2. The van der Waals surface area contributed by atoms with Crippen LogP contribution in [-0.4, -0.2) is 30.1 Å². The minimum atomic E-state index is -0.979. The lowest BCUT2D eigenvalue weighted by molar-refractivity contribution is -0.141. The van der Waals surface area contributed by atoms with E-state index in [1.165, 1.54) is 4.90 Å². The highest BCUT2D eigenvalue weighted by molar-refractivity contribution is 5.99. The normalized spacial score (nSPS) is 17.9. The molecule has 0 aliphatic carbocycles. The van der Waals surface area contributed by atoms with E-state index in [2.05, 4.69) is 0 Å². The number of hydrogen-bond donors (Lipinski definition) is 1. The third-order valence-electron chi connectivity index (χ3n) is 3.17. The van der Waals surface area contributed by atoms with E-state index in [4.69, 9.17) is 15.1 Å². The number of benzene rings is 1. The van der Waals surface area contributed by atoms with Gasteiger partial charge in [-0.05, 0) is 25.1 Å². The van der Waals surface area contributed by atoms with E-state index in [0.717, 1.165) is 0 Å². The zero-order valence-corrected chi connectivity index (χ0v) is 11.0. The average molecular weight is 274 g/mol. The van der Waals surface area contributed by atoms with Crippen molar-refractivity contribution in [2.75, 3.05) is 18.1 Å². The van der Waals surface area contributed by atoms with Gasteiger partial charge in [0.15, 0.2) is 0 Å². The van der Waals surface area contributed by atoms with Crippen molar-refractivity contribution < 1.29 is 19.4 Å². The van der Waals surface area contributed by atoms with Crippen molar-refractivity contribution in [3.63, 3.8) is 0 Å². The number of carbonyl (C=O) groups is 2. The van der Waals surface area contributed by atoms with Gasteiger partial charge in [-0.3, -0.25) is 9.59 Å². The molecule has 0 saturated carbocycles. The van der Waals surface area contributed by atoms with Gasteiger partial charge < -0.3 is 14.7 Å². The number of aliphatic carboxylic acids is 1. The zero-order chi connectivity index (χ0) is 14.7. The van der Waals surface area contributed by atoms with Gasteiger partial charge in [-0.1, -0.05) is 0 Å². The molecule has 0 radical (unpaired) electrons. The van der Waals surface area contributed by atoms with Crippen LogP contribution >= 0.6 is 0 Å². The predicted molar refractivity (Wildman–Crippen MR) is 70.4 cm³/mol. The number of ether oxygens (including phenoxy) is 1. The molecule has 1 N–H and O–H groups in total. The number of anilines is 1. The van der Waals surface area contributed by atoms with Crippen LogP contribution in [0.15, 0.2) is 18.2 Å². The van der Waals surface area contributed by atoms with E-state index in [1.54, 1.807) is 18.2 Å². The van der Waals surface area contributed by atoms with Crippen molar-refractivity contribution in [3.8, 4) is 11.8 Å². The molecule has 1 atom stereocenters. The molecule has 20 heavy (non-hydrogen) atoms. The van der Waals surface area contributed by atoms with E-state index in [0.29, 0.717) is 23.6 Å². The highest BCUT2D eigenvalue weighted by Crippen LogP contribution is 2.29. The Morgan fingerprint density at radius 2 is 2.35 bits per heavy atom. The third-order valence-corrected chi connectivity index (χ3v) is 3.17. The average Bonchev–Trinajstić information content (AvgIpc) is 2.82. The molecule has 1 aliphatic rings. The van der Waals surface area contributed by atoms with Crippen LogP contribution in [0, 0.1) is 17.2 Å². The Morgan fingerprint density at radius 1 is 1.60 bits per heavy atom. The van der Waals surface area contributed by atoms with Crippen molar-refractivity contribution in [1.82, 2.24) is 0 Å². The lowest BCUT2D eigenvalue weighted by Crippen LogP contribution is -2.25. The standard InChI is InChI=1S/C14H14N2O4/c1-2-20-12-4-3-11(5-9(12)7-15)16-8-10(14(18)19)6-13(16)17/h3-5,10H,2,6,8H2,1H3,(H,18,19). The summed E-state index contributed by atoms with van der Waals surface area (Å²) in [6.45, 7) is 2.39. The maximum absolute atomic E-state index is 11.8. The molecule has 1 amide bonds. The van der Waals surface area contributed by atoms with Gasteiger partial charge in [-0.15, -0.1) is 0 Å². The topological polar surface area (TPSA) is 90.6 Å². The Hall–Kier alpha value is -2.55. The minimum Gasteiger partial charge on any atom is -0.492 e. The second-order valence-electron chi connectivity index (χ2n) is 4.47. The summed E-state index contributed by atoms with van der Waals surface area (Å²) in [6, 6.07) is 6.85. The first-order chi connectivity index (χ1) is 9.56. The fourth-order valence-electron chi connectivity index (χ4n) is 2.18. The van der Waals surface area contributed by atoms with Crippen LogP contribution in [0.4, 0.5) is 5.69 Å². The second kappa shape index (κ2) is 5.61. The number of nitrogens with zero attached hydrogens (tertiary/aromatic N) is 2. The molecule has 1 fully saturated rings. The number of carboxylic acids is 1. The molecule has 2 rings (SSSR count). The molecule has 0 bridgehead atoms. The van der Waals surface area contributed by atoms with Gasteiger partial charge in [-0.2, -0.15) is 5.26 Å². The summed E-state index contributed by atoms with van der Waals surface area (Å²) in [5.74, 6) is -1.46. The molecular formula is C14H14N2O4. The fraction of sp³-hybridized carbons (Fsp3) is 0.357. The summed E-state index contributed by atoms with van der Waals surface area (Å²) >= 11 is 0. The van der Waals surface area contributed by atoms with Gasteiger partial charge in [-0.25, -0.2) is 0 Å². The quantitative estimate of drug-likeness (QED) is 0.896. The Bertz CT molecular complexity index is 591. The predicted octanol–water partition coefficient (Wildman–Crippen LogP) is 1.39.